The molecular weight excluding hydrogens is 384 g/mol. The molecule has 7 atom stereocenters. The highest BCUT2D eigenvalue weighted by molar-refractivity contribution is 8.03. The molecule has 3 aliphatic rings. The molecule has 9 nitrogen and oxygen atoms in total. The largest absolute Gasteiger partial charge is 0.477 e. The van der Waals surface area contributed by atoms with Gasteiger partial charge in [0.1, 0.15) is 5.70 Å². The highest BCUT2D eigenvalue weighted by Gasteiger charge is 2.60. The van der Waals surface area contributed by atoms with Gasteiger partial charge in [-0.15, -0.1) is 11.8 Å². The van der Waals surface area contributed by atoms with Gasteiger partial charge in [0.25, 0.3) is 0 Å². The van der Waals surface area contributed by atoms with Gasteiger partial charge in [-0.25, -0.2) is 4.79 Å². The summed E-state index contributed by atoms with van der Waals surface area (Å²) in [5.41, 5.74) is 5.83. The lowest BCUT2D eigenvalue weighted by Gasteiger charge is -2.46. The molecule has 0 aromatic carbocycles. The first-order valence-electron chi connectivity index (χ1n) is 9.53. The van der Waals surface area contributed by atoms with Crippen LogP contribution in [-0.2, 0) is 14.4 Å². The minimum absolute atomic E-state index is 0.0147. The van der Waals surface area contributed by atoms with Gasteiger partial charge in [0, 0.05) is 42.1 Å². The van der Waals surface area contributed by atoms with Crippen LogP contribution in [-0.4, -0.2) is 75.5 Å². The van der Waals surface area contributed by atoms with Crippen molar-refractivity contribution in [2.24, 2.45) is 17.6 Å². The normalized spacial score (nSPS) is 34.1. The first-order valence-corrected chi connectivity index (χ1v) is 10.4. The molecular formula is C18H28N4O5S. The summed E-state index contributed by atoms with van der Waals surface area (Å²) < 4.78 is 0. The summed E-state index contributed by atoms with van der Waals surface area (Å²) in [5, 5.41) is 26.0. The molecule has 156 valence electrons. The quantitative estimate of drug-likeness (QED) is 0.337. The number of aliphatic hydroxyl groups excluding tert-OH is 1. The van der Waals surface area contributed by atoms with Crippen LogP contribution in [0.4, 0.5) is 0 Å². The summed E-state index contributed by atoms with van der Waals surface area (Å²) in [6.07, 6.45) is -0.0786. The van der Waals surface area contributed by atoms with Crippen molar-refractivity contribution in [2.45, 2.75) is 56.7 Å². The Kier molecular flexibility index (Phi) is 6.04. The second kappa shape index (κ2) is 8.02. The zero-order chi connectivity index (χ0) is 20.7. The SMILES string of the molecule is CC(=O)NC(CN)[C@@H]1C[C@H](SC2=C(C(=O)O)N3C(=O)[C@H]([C@@H](C)O)[C@H]3[C@H]2C)CN1. The van der Waals surface area contributed by atoms with E-state index >= 15 is 0 Å². The number of amides is 2. The number of aliphatic hydroxyl groups is 1. The molecule has 2 saturated heterocycles. The first-order chi connectivity index (χ1) is 13.2. The fourth-order valence-corrected chi connectivity index (χ4v) is 6.07. The molecule has 0 aliphatic carbocycles. The van der Waals surface area contributed by atoms with E-state index in [4.69, 9.17) is 5.73 Å². The van der Waals surface area contributed by atoms with E-state index in [0.717, 1.165) is 6.42 Å². The van der Waals surface area contributed by atoms with Crippen molar-refractivity contribution in [3.63, 3.8) is 0 Å². The van der Waals surface area contributed by atoms with Crippen molar-refractivity contribution >= 4 is 29.5 Å². The fourth-order valence-electron chi connectivity index (χ4n) is 4.57. The van der Waals surface area contributed by atoms with Gasteiger partial charge in [0.05, 0.1) is 24.1 Å². The maximum Gasteiger partial charge on any atom is 0.353 e. The third-order valence-corrected chi connectivity index (χ3v) is 7.37. The van der Waals surface area contributed by atoms with Gasteiger partial charge in [-0.1, -0.05) is 6.92 Å². The molecule has 0 spiro atoms. The zero-order valence-corrected chi connectivity index (χ0v) is 17.0. The van der Waals surface area contributed by atoms with Gasteiger partial charge in [-0.05, 0) is 13.3 Å². The number of rotatable bonds is 7. The molecule has 3 heterocycles. The summed E-state index contributed by atoms with van der Waals surface area (Å²) in [7, 11) is 0. The maximum atomic E-state index is 12.4. The second-order valence-electron chi connectivity index (χ2n) is 7.80. The summed E-state index contributed by atoms with van der Waals surface area (Å²) in [6, 6.07) is -0.471. The van der Waals surface area contributed by atoms with E-state index in [9.17, 15) is 24.6 Å². The lowest BCUT2D eigenvalue weighted by molar-refractivity contribution is -0.163. The summed E-state index contributed by atoms with van der Waals surface area (Å²) >= 11 is 1.48. The molecule has 2 amide bonds. The first kappa shape index (κ1) is 21.1. The molecule has 0 radical (unpaired) electrons. The Balaban J connectivity index is 1.74. The lowest BCUT2D eigenvalue weighted by atomic mass is 9.79. The van der Waals surface area contributed by atoms with Gasteiger partial charge in [0.2, 0.25) is 11.8 Å². The van der Waals surface area contributed by atoms with Crippen LogP contribution in [0.1, 0.15) is 27.2 Å². The molecule has 3 aliphatic heterocycles. The van der Waals surface area contributed by atoms with Crippen LogP contribution in [0.3, 0.4) is 0 Å². The number of carboxylic acid groups (broad SMARTS) is 1. The topological polar surface area (TPSA) is 145 Å². The third-order valence-electron chi connectivity index (χ3n) is 5.86. The lowest BCUT2D eigenvalue weighted by Crippen LogP contribution is -2.63. The van der Waals surface area contributed by atoms with Crippen LogP contribution < -0.4 is 16.4 Å². The zero-order valence-electron chi connectivity index (χ0n) is 16.2. The Morgan fingerprint density at radius 2 is 2.14 bits per heavy atom. The molecule has 28 heavy (non-hydrogen) atoms. The molecule has 2 fully saturated rings. The Morgan fingerprint density at radius 1 is 1.46 bits per heavy atom. The smallest absolute Gasteiger partial charge is 0.353 e. The number of carbonyl (C=O) groups is 3. The number of thioether (sulfide) groups is 1. The van der Waals surface area contributed by atoms with Crippen molar-refractivity contribution in [1.29, 1.82) is 0 Å². The van der Waals surface area contributed by atoms with E-state index in [1.54, 1.807) is 6.92 Å². The van der Waals surface area contributed by atoms with Crippen LogP contribution in [0, 0.1) is 11.8 Å². The van der Waals surface area contributed by atoms with Crippen molar-refractivity contribution in [3.05, 3.63) is 10.6 Å². The molecule has 6 N–H and O–H groups in total. The number of nitrogens with two attached hydrogens (primary N) is 1. The number of carboxylic acids is 1. The summed E-state index contributed by atoms with van der Waals surface area (Å²) in [5.74, 6) is -2.28. The van der Waals surface area contributed by atoms with Gasteiger partial charge in [0.15, 0.2) is 0 Å². The van der Waals surface area contributed by atoms with Gasteiger partial charge >= 0.3 is 5.97 Å². The van der Waals surface area contributed by atoms with E-state index in [2.05, 4.69) is 10.6 Å². The van der Waals surface area contributed by atoms with Gasteiger partial charge < -0.3 is 31.5 Å². The average Bonchev–Trinajstić information content (AvgIpc) is 3.15. The fraction of sp³-hybridized carbons (Fsp3) is 0.722. The monoisotopic (exact) mass is 412 g/mol. The predicted octanol–water partition coefficient (Wildman–Crippen LogP) is -0.933. The van der Waals surface area contributed by atoms with Crippen molar-refractivity contribution in [3.8, 4) is 0 Å². The molecule has 0 aromatic heterocycles. The maximum absolute atomic E-state index is 12.4. The standard InChI is InChI=1S/C18H28N4O5S/c1-7-14-13(8(2)23)17(25)22(14)15(18(26)27)16(7)28-10-4-11(20-6-10)12(5-19)21-9(3)24/h7-8,10-14,20,23H,4-6,19H2,1-3H3,(H,21,24)(H,26,27)/t7-,8-,10+,11+,12?,13-,14-/m1/s1. The number of nitrogens with one attached hydrogen (secondary N) is 2. The molecule has 0 saturated carbocycles. The minimum atomic E-state index is -1.12. The van der Waals surface area contributed by atoms with Crippen LogP contribution in [0.15, 0.2) is 10.6 Å². The minimum Gasteiger partial charge on any atom is -0.477 e. The Bertz CT molecular complexity index is 712. The Hall–Kier alpha value is -1.62. The Morgan fingerprint density at radius 3 is 2.68 bits per heavy atom. The summed E-state index contributed by atoms with van der Waals surface area (Å²) in [4.78, 5) is 37.7. The van der Waals surface area contributed by atoms with E-state index in [1.165, 1.54) is 23.6 Å². The molecule has 3 rings (SSSR count). The van der Waals surface area contributed by atoms with Crippen LogP contribution >= 0.6 is 11.8 Å². The summed E-state index contributed by atoms with van der Waals surface area (Å²) in [6.45, 7) is 5.91. The number of fused-ring (bicyclic) bond motifs is 1. The third kappa shape index (κ3) is 3.54. The van der Waals surface area contributed by atoms with Gasteiger partial charge in [-0.2, -0.15) is 0 Å². The highest BCUT2D eigenvalue weighted by atomic mass is 32.2. The highest BCUT2D eigenvalue weighted by Crippen LogP contribution is 2.51. The van der Waals surface area contributed by atoms with E-state index in [-0.39, 0.29) is 46.8 Å². The van der Waals surface area contributed by atoms with E-state index in [0.29, 0.717) is 18.0 Å². The molecule has 0 aromatic rings. The number of nitrogens with zero attached hydrogens (tertiary/aromatic N) is 1. The van der Waals surface area contributed by atoms with E-state index < -0.39 is 18.0 Å². The van der Waals surface area contributed by atoms with Crippen LogP contribution in [0.2, 0.25) is 0 Å². The number of carbonyl (C=O) groups excluding carboxylic acids is 2. The average molecular weight is 413 g/mol. The van der Waals surface area contributed by atoms with Crippen molar-refractivity contribution in [2.75, 3.05) is 13.1 Å². The number of hydrogen-bond acceptors (Lipinski definition) is 7. The van der Waals surface area contributed by atoms with E-state index in [1.807, 2.05) is 6.92 Å². The number of aliphatic carboxylic acids is 1. The van der Waals surface area contributed by atoms with Crippen molar-refractivity contribution in [1.82, 2.24) is 15.5 Å². The molecule has 1 unspecified atom stereocenters. The van der Waals surface area contributed by atoms with Crippen LogP contribution in [0.25, 0.3) is 0 Å². The molecule has 0 bridgehead atoms. The Labute approximate surface area is 168 Å². The van der Waals surface area contributed by atoms with Crippen LogP contribution in [0.5, 0.6) is 0 Å². The number of β-lactam (4-membered cyclic amide) rings is 1. The molecule has 10 heteroatoms. The van der Waals surface area contributed by atoms with Crippen molar-refractivity contribution < 1.29 is 24.6 Å². The van der Waals surface area contributed by atoms with Gasteiger partial charge in [-0.3, -0.25) is 9.59 Å². The second-order valence-corrected chi connectivity index (χ2v) is 9.15. The predicted molar refractivity (Wildman–Crippen MR) is 104 cm³/mol. The number of hydrogen-bond donors (Lipinski definition) is 5.